The molecule has 3 aromatic heterocycles. The van der Waals surface area contributed by atoms with Crippen molar-refractivity contribution in [3.8, 4) is 0 Å². The van der Waals surface area contributed by atoms with Crippen LogP contribution in [-0.2, 0) is 4.79 Å². The van der Waals surface area contributed by atoms with Crippen LogP contribution in [0.5, 0.6) is 0 Å². The number of nitrogens with one attached hydrogen (secondary N) is 4. The maximum absolute atomic E-state index is 13.0. The molecule has 10 nitrogen and oxygen atoms in total. The lowest BCUT2D eigenvalue weighted by Crippen LogP contribution is -2.48. The van der Waals surface area contributed by atoms with E-state index in [4.69, 9.17) is 10.1 Å². The molecule has 3 fully saturated rings. The van der Waals surface area contributed by atoms with Gasteiger partial charge in [-0.3, -0.25) is 9.89 Å². The van der Waals surface area contributed by atoms with Crippen LogP contribution in [0.3, 0.4) is 0 Å². The first-order valence-corrected chi connectivity index (χ1v) is 11.2. The van der Waals surface area contributed by atoms with Gasteiger partial charge < -0.3 is 20.9 Å². The van der Waals surface area contributed by atoms with Crippen LogP contribution >= 0.6 is 0 Å². The predicted octanol–water partition coefficient (Wildman–Crippen LogP) is 1.52. The van der Waals surface area contributed by atoms with Crippen molar-refractivity contribution in [3.05, 3.63) is 30.1 Å². The van der Waals surface area contributed by atoms with Gasteiger partial charge >= 0.3 is 0 Å². The third kappa shape index (κ3) is 3.60. The Bertz CT molecular complexity index is 1100. The molecular formula is C21H27N9O. The fourth-order valence-corrected chi connectivity index (χ4v) is 4.62. The molecule has 2 atom stereocenters. The monoisotopic (exact) mass is 421 g/mol. The van der Waals surface area contributed by atoms with Crippen LogP contribution in [0, 0.1) is 0 Å². The summed E-state index contributed by atoms with van der Waals surface area (Å²) < 4.78 is 1.81. The van der Waals surface area contributed by atoms with E-state index in [9.17, 15) is 4.79 Å². The zero-order valence-corrected chi connectivity index (χ0v) is 17.3. The van der Waals surface area contributed by atoms with Crippen LogP contribution in [0.4, 0.5) is 17.6 Å². The number of fused-ring (bicyclic) bond motifs is 1. The number of carbonyl (C=O) groups excluding carboxylic acids is 1. The van der Waals surface area contributed by atoms with Gasteiger partial charge in [0.1, 0.15) is 11.6 Å². The first-order chi connectivity index (χ1) is 15.2. The topological polar surface area (TPSA) is 115 Å². The number of hydrogen-bond donors (Lipinski definition) is 4. The SMILES string of the molecule is O=C(N[C@H]1CCNC1)C1CCCN1c1nc(Nc2cc(C3CC3)[nH]n2)c2cccn2n1. The van der Waals surface area contributed by atoms with Crippen LogP contribution in [0.15, 0.2) is 24.4 Å². The Balaban J connectivity index is 1.27. The average Bonchev–Trinajstić information content (AvgIpc) is 3.27. The molecule has 0 radical (unpaired) electrons. The van der Waals surface area contributed by atoms with Gasteiger partial charge in [-0.15, -0.1) is 5.10 Å². The van der Waals surface area contributed by atoms with Gasteiger partial charge in [0, 0.05) is 43.0 Å². The van der Waals surface area contributed by atoms with Crippen molar-refractivity contribution in [2.45, 2.75) is 50.1 Å². The fraction of sp³-hybridized carbons (Fsp3) is 0.524. The van der Waals surface area contributed by atoms with Gasteiger partial charge in [-0.1, -0.05) is 0 Å². The number of nitrogens with zero attached hydrogens (tertiary/aromatic N) is 5. The minimum atomic E-state index is -0.242. The summed E-state index contributed by atoms with van der Waals surface area (Å²) >= 11 is 0. The normalized spacial score (nSPS) is 23.5. The standard InChI is InChI=1S/C21H27N9O/c31-20(23-14-7-8-22-12-14)17-4-1-9-29(17)21-25-19(16-3-2-10-30(16)28-21)24-18-11-15(26-27-18)13-5-6-13/h2-3,10-11,13-14,17,22H,1,4-9,12H2,(H,23,31)(H2,24,25,26,27,28)/t14-,17?/m0/s1. The molecule has 2 aliphatic heterocycles. The molecule has 1 saturated carbocycles. The van der Waals surface area contributed by atoms with Gasteiger partial charge in [-0.2, -0.15) is 10.1 Å². The molecule has 10 heteroatoms. The summed E-state index contributed by atoms with van der Waals surface area (Å²) in [5.74, 6) is 2.68. The summed E-state index contributed by atoms with van der Waals surface area (Å²) in [6, 6.07) is 5.94. The number of carbonyl (C=O) groups is 1. The van der Waals surface area contributed by atoms with E-state index in [0.29, 0.717) is 17.7 Å². The Morgan fingerprint density at radius 3 is 3.00 bits per heavy atom. The molecule has 0 bridgehead atoms. The van der Waals surface area contributed by atoms with Gasteiger partial charge in [0.05, 0.1) is 0 Å². The Labute approximate surface area is 179 Å². The van der Waals surface area contributed by atoms with Gasteiger partial charge in [0.2, 0.25) is 11.9 Å². The lowest BCUT2D eigenvalue weighted by Gasteiger charge is -2.25. The Morgan fingerprint density at radius 2 is 2.16 bits per heavy atom. The Hall–Kier alpha value is -3.14. The smallest absolute Gasteiger partial charge is 0.246 e. The van der Waals surface area contributed by atoms with E-state index in [1.807, 2.05) is 27.7 Å². The summed E-state index contributed by atoms with van der Waals surface area (Å²) in [5, 5.41) is 22.1. The number of amides is 1. The first-order valence-electron chi connectivity index (χ1n) is 11.2. The molecule has 31 heavy (non-hydrogen) atoms. The Morgan fingerprint density at radius 1 is 1.23 bits per heavy atom. The molecule has 1 amide bonds. The Kier molecular flexibility index (Phi) is 4.52. The van der Waals surface area contributed by atoms with E-state index < -0.39 is 0 Å². The van der Waals surface area contributed by atoms with Crippen molar-refractivity contribution in [2.24, 2.45) is 0 Å². The second-order valence-electron chi connectivity index (χ2n) is 8.76. The van der Waals surface area contributed by atoms with E-state index in [1.54, 1.807) is 0 Å². The van der Waals surface area contributed by atoms with Gasteiger partial charge in [0.25, 0.3) is 0 Å². The van der Waals surface area contributed by atoms with Crippen molar-refractivity contribution in [1.82, 2.24) is 35.4 Å². The third-order valence-electron chi connectivity index (χ3n) is 6.46. The lowest BCUT2D eigenvalue weighted by molar-refractivity contribution is -0.122. The van der Waals surface area contributed by atoms with Gasteiger partial charge in [-0.25, -0.2) is 4.52 Å². The molecule has 4 N–H and O–H groups in total. The summed E-state index contributed by atoms with van der Waals surface area (Å²) in [4.78, 5) is 19.8. The quantitative estimate of drug-likeness (QED) is 0.477. The highest BCUT2D eigenvalue weighted by Crippen LogP contribution is 2.39. The number of aromatic amines is 1. The van der Waals surface area contributed by atoms with Gasteiger partial charge in [-0.05, 0) is 50.8 Å². The average molecular weight is 422 g/mol. The zero-order valence-electron chi connectivity index (χ0n) is 17.3. The number of H-pyrrole nitrogens is 1. The van der Waals surface area contributed by atoms with Crippen LogP contribution in [0.1, 0.15) is 43.7 Å². The van der Waals surface area contributed by atoms with E-state index in [0.717, 1.165) is 50.2 Å². The molecule has 5 heterocycles. The third-order valence-corrected chi connectivity index (χ3v) is 6.46. The second-order valence-corrected chi connectivity index (χ2v) is 8.76. The highest BCUT2D eigenvalue weighted by atomic mass is 16.2. The van der Waals surface area contributed by atoms with Crippen molar-refractivity contribution in [1.29, 1.82) is 0 Å². The molecule has 3 aromatic rings. The van der Waals surface area contributed by atoms with Crippen molar-refractivity contribution in [2.75, 3.05) is 29.9 Å². The maximum Gasteiger partial charge on any atom is 0.246 e. The summed E-state index contributed by atoms with van der Waals surface area (Å²) in [5.41, 5.74) is 2.04. The van der Waals surface area contributed by atoms with E-state index in [-0.39, 0.29) is 18.0 Å². The highest BCUT2D eigenvalue weighted by molar-refractivity contribution is 5.86. The minimum absolute atomic E-state index is 0.0679. The highest BCUT2D eigenvalue weighted by Gasteiger charge is 2.34. The van der Waals surface area contributed by atoms with Crippen LogP contribution in [0.2, 0.25) is 0 Å². The number of rotatable bonds is 6. The van der Waals surface area contributed by atoms with Crippen molar-refractivity contribution < 1.29 is 4.79 Å². The molecule has 162 valence electrons. The predicted molar refractivity (Wildman–Crippen MR) is 117 cm³/mol. The summed E-state index contributed by atoms with van der Waals surface area (Å²) in [7, 11) is 0. The molecule has 2 saturated heterocycles. The number of aromatic nitrogens is 5. The van der Waals surface area contributed by atoms with Crippen molar-refractivity contribution in [3.63, 3.8) is 0 Å². The molecule has 1 aliphatic carbocycles. The van der Waals surface area contributed by atoms with Crippen LogP contribution in [-0.4, -0.2) is 62.4 Å². The molecular weight excluding hydrogens is 394 g/mol. The van der Waals surface area contributed by atoms with Crippen LogP contribution < -0.4 is 20.9 Å². The molecule has 1 unspecified atom stereocenters. The molecule has 3 aliphatic rings. The molecule has 0 aromatic carbocycles. The summed E-state index contributed by atoms with van der Waals surface area (Å²) in [6.07, 6.45) is 7.08. The number of hydrogen-bond acceptors (Lipinski definition) is 7. The zero-order chi connectivity index (χ0) is 20.8. The molecule has 0 spiro atoms. The maximum atomic E-state index is 13.0. The lowest BCUT2D eigenvalue weighted by atomic mass is 10.2. The van der Waals surface area contributed by atoms with E-state index in [2.05, 4.69) is 32.2 Å². The van der Waals surface area contributed by atoms with E-state index in [1.165, 1.54) is 18.5 Å². The second kappa shape index (κ2) is 7.52. The number of anilines is 3. The van der Waals surface area contributed by atoms with E-state index >= 15 is 0 Å². The summed E-state index contributed by atoms with van der Waals surface area (Å²) in [6.45, 7) is 2.56. The van der Waals surface area contributed by atoms with Gasteiger partial charge in [0.15, 0.2) is 11.6 Å². The largest absolute Gasteiger partial charge is 0.350 e. The van der Waals surface area contributed by atoms with Crippen molar-refractivity contribution >= 4 is 29.0 Å². The fourth-order valence-electron chi connectivity index (χ4n) is 4.62. The first kappa shape index (κ1) is 18.6. The minimum Gasteiger partial charge on any atom is -0.350 e. The molecule has 6 rings (SSSR count). The van der Waals surface area contributed by atoms with Crippen LogP contribution in [0.25, 0.3) is 5.52 Å².